The van der Waals surface area contributed by atoms with Crippen LogP contribution in [0.15, 0.2) is 53.0 Å². The summed E-state index contributed by atoms with van der Waals surface area (Å²) in [5, 5.41) is 0.750. The number of benzene rings is 2. The summed E-state index contributed by atoms with van der Waals surface area (Å²) in [5.74, 6) is 0.859. The van der Waals surface area contributed by atoms with Gasteiger partial charge in [0.05, 0.1) is 6.61 Å². The normalized spacial score (nSPS) is 12.2. The zero-order valence-electron chi connectivity index (χ0n) is 11.1. The molecule has 2 nitrogen and oxygen atoms in total. The third-order valence-electron chi connectivity index (χ3n) is 2.96. The van der Waals surface area contributed by atoms with Crippen molar-refractivity contribution in [2.24, 2.45) is 5.73 Å². The summed E-state index contributed by atoms with van der Waals surface area (Å²) in [7, 11) is 0. The second kappa shape index (κ2) is 7.67. The molecule has 0 fully saturated rings. The maximum Gasteiger partial charge on any atom is 0.120 e. The van der Waals surface area contributed by atoms with Crippen molar-refractivity contribution in [3.05, 3.63) is 63.6 Å². The van der Waals surface area contributed by atoms with Crippen molar-refractivity contribution in [2.45, 2.75) is 18.9 Å². The SMILES string of the molecule is NC(CCOc1cccc(Br)c1)Cc1ccc(Cl)cc1. The number of ether oxygens (including phenoxy) is 1. The maximum absolute atomic E-state index is 6.12. The molecular weight excluding hydrogens is 338 g/mol. The quantitative estimate of drug-likeness (QED) is 0.832. The highest BCUT2D eigenvalue weighted by Crippen LogP contribution is 2.18. The molecular formula is C16H17BrClNO. The van der Waals surface area contributed by atoms with Crippen molar-refractivity contribution in [1.29, 1.82) is 0 Å². The van der Waals surface area contributed by atoms with Crippen molar-refractivity contribution >= 4 is 27.5 Å². The second-order valence-electron chi connectivity index (χ2n) is 4.69. The van der Waals surface area contributed by atoms with Crippen molar-refractivity contribution in [3.8, 4) is 5.75 Å². The van der Waals surface area contributed by atoms with Crippen LogP contribution in [0.4, 0.5) is 0 Å². The molecule has 0 aliphatic heterocycles. The van der Waals surface area contributed by atoms with Gasteiger partial charge in [-0.1, -0.05) is 45.7 Å². The summed E-state index contributed by atoms with van der Waals surface area (Å²) in [6, 6.07) is 15.7. The fraction of sp³-hybridized carbons (Fsp3) is 0.250. The summed E-state index contributed by atoms with van der Waals surface area (Å²) in [6.45, 7) is 0.616. The van der Waals surface area contributed by atoms with Crippen LogP contribution >= 0.6 is 27.5 Å². The molecule has 20 heavy (non-hydrogen) atoms. The Bertz CT molecular complexity index is 544. The molecule has 0 aliphatic rings. The number of rotatable bonds is 6. The van der Waals surface area contributed by atoms with E-state index in [-0.39, 0.29) is 6.04 Å². The minimum Gasteiger partial charge on any atom is -0.493 e. The van der Waals surface area contributed by atoms with Crippen LogP contribution in [0.1, 0.15) is 12.0 Å². The molecule has 0 aromatic heterocycles. The summed E-state index contributed by atoms with van der Waals surface area (Å²) < 4.78 is 6.70. The molecule has 0 radical (unpaired) electrons. The average Bonchev–Trinajstić information content (AvgIpc) is 2.41. The van der Waals surface area contributed by atoms with E-state index in [0.717, 1.165) is 28.1 Å². The van der Waals surface area contributed by atoms with Gasteiger partial charge in [0.2, 0.25) is 0 Å². The van der Waals surface area contributed by atoms with E-state index >= 15 is 0 Å². The Morgan fingerprint density at radius 1 is 1.15 bits per heavy atom. The van der Waals surface area contributed by atoms with E-state index in [2.05, 4.69) is 15.9 Å². The van der Waals surface area contributed by atoms with Gasteiger partial charge in [-0.05, 0) is 48.7 Å². The van der Waals surface area contributed by atoms with Gasteiger partial charge in [-0.2, -0.15) is 0 Å². The lowest BCUT2D eigenvalue weighted by Gasteiger charge is -2.13. The molecule has 2 rings (SSSR count). The zero-order chi connectivity index (χ0) is 14.4. The summed E-state index contributed by atoms with van der Waals surface area (Å²) in [4.78, 5) is 0. The van der Waals surface area contributed by atoms with Gasteiger partial charge in [0.15, 0.2) is 0 Å². The van der Waals surface area contributed by atoms with Gasteiger partial charge in [0.25, 0.3) is 0 Å². The van der Waals surface area contributed by atoms with Gasteiger partial charge in [-0.25, -0.2) is 0 Å². The third-order valence-corrected chi connectivity index (χ3v) is 3.71. The molecule has 0 spiro atoms. The standard InChI is InChI=1S/C16H17BrClNO/c17-13-2-1-3-16(11-13)20-9-8-15(19)10-12-4-6-14(18)7-5-12/h1-7,11,15H,8-10,19H2. The van der Waals surface area contributed by atoms with E-state index < -0.39 is 0 Å². The second-order valence-corrected chi connectivity index (χ2v) is 6.04. The molecule has 2 N–H and O–H groups in total. The first kappa shape index (κ1) is 15.4. The number of hydrogen-bond donors (Lipinski definition) is 1. The highest BCUT2D eigenvalue weighted by atomic mass is 79.9. The Balaban J connectivity index is 1.75. The molecule has 4 heteroatoms. The lowest BCUT2D eigenvalue weighted by atomic mass is 10.0. The summed E-state index contributed by atoms with van der Waals surface area (Å²) >= 11 is 9.27. The van der Waals surface area contributed by atoms with E-state index in [9.17, 15) is 0 Å². The smallest absolute Gasteiger partial charge is 0.120 e. The molecule has 0 saturated carbocycles. The van der Waals surface area contributed by atoms with Crippen LogP contribution in [0.3, 0.4) is 0 Å². The summed E-state index contributed by atoms with van der Waals surface area (Å²) in [6.07, 6.45) is 1.65. The van der Waals surface area contributed by atoms with Crippen LogP contribution in [0.2, 0.25) is 5.02 Å². The minimum atomic E-state index is 0.0864. The van der Waals surface area contributed by atoms with E-state index in [1.807, 2.05) is 48.5 Å². The van der Waals surface area contributed by atoms with Crippen LogP contribution in [0.5, 0.6) is 5.75 Å². The Labute approximate surface area is 133 Å². The Hall–Kier alpha value is -1.03. The van der Waals surface area contributed by atoms with Crippen LogP contribution in [0.25, 0.3) is 0 Å². The van der Waals surface area contributed by atoms with Crippen molar-refractivity contribution < 1.29 is 4.74 Å². The highest BCUT2D eigenvalue weighted by molar-refractivity contribution is 9.10. The van der Waals surface area contributed by atoms with E-state index in [1.165, 1.54) is 5.56 Å². The molecule has 0 bridgehead atoms. The fourth-order valence-electron chi connectivity index (χ4n) is 1.91. The van der Waals surface area contributed by atoms with Crippen LogP contribution in [0, 0.1) is 0 Å². The molecule has 2 aromatic rings. The van der Waals surface area contributed by atoms with E-state index in [1.54, 1.807) is 0 Å². The van der Waals surface area contributed by atoms with Gasteiger partial charge >= 0.3 is 0 Å². The van der Waals surface area contributed by atoms with Gasteiger partial charge in [0.1, 0.15) is 5.75 Å². The maximum atomic E-state index is 6.12. The average molecular weight is 355 g/mol. The molecule has 1 unspecified atom stereocenters. The molecule has 0 saturated heterocycles. The van der Waals surface area contributed by atoms with Crippen LogP contribution < -0.4 is 10.5 Å². The third kappa shape index (κ3) is 5.16. The van der Waals surface area contributed by atoms with E-state index in [4.69, 9.17) is 22.1 Å². The van der Waals surface area contributed by atoms with Crippen molar-refractivity contribution in [3.63, 3.8) is 0 Å². The first-order chi connectivity index (χ1) is 9.63. The van der Waals surface area contributed by atoms with Gasteiger partial charge in [-0.3, -0.25) is 0 Å². The topological polar surface area (TPSA) is 35.2 Å². The fourth-order valence-corrected chi connectivity index (χ4v) is 2.41. The predicted octanol–water partition coefficient (Wildman–Crippen LogP) is 4.44. The number of hydrogen-bond acceptors (Lipinski definition) is 2. The van der Waals surface area contributed by atoms with Gasteiger partial charge < -0.3 is 10.5 Å². The van der Waals surface area contributed by atoms with Crippen molar-refractivity contribution in [2.75, 3.05) is 6.61 Å². The monoisotopic (exact) mass is 353 g/mol. The lowest BCUT2D eigenvalue weighted by molar-refractivity contribution is 0.297. The Morgan fingerprint density at radius 3 is 2.60 bits per heavy atom. The van der Waals surface area contributed by atoms with Crippen molar-refractivity contribution in [1.82, 2.24) is 0 Å². The number of halogens is 2. The first-order valence-corrected chi connectivity index (χ1v) is 7.69. The Kier molecular flexibility index (Phi) is 5.89. The molecule has 0 aliphatic carbocycles. The zero-order valence-corrected chi connectivity index (χ0v) is 13.4. The molecule has 0 heterocycles. The van der Waals surface area contributed by atoms with Gasteiger partial charge in [0, 0.05) is 15.5 Å². The largest absolute Gasteiger partial charge is 0.493 e. The number of nitrogens with two attached hydrogens (primary N) is 1. The van der Waals surface area contributed by atoms with E-state index in [0.29, 0.717) is 6.61 Å². The molecule has 2 aromatic carbocycles. The first-order valence-electron chi connectivity index (χ1n) is 6.52. The van der Waals surface area contributed by atoms with Gasteiger partial charge in [-0.15, -0.1) is 0 Å². The van der Waals surface area contributed by atoms with Crippen LogP contribution in [-0.4, -0.2) is 12.6 Å². The summed E-state index contributed by atoms with van der Waals surface area (Å²) in [5.41, 5.74) is 7.31. The predicted molar refractivity (Wildman–Crippen MR) is 87.4 cm³/mol. The molecule has 106 valence electrons. The highest BCUT2D eigenvalue weighted by Gasteiger charge is 2.05. The lowest BCUT2D eigenvalue weighted by Crippen LogP contribution is -2.25. The Morgan fingerprint density at radius 2 is 1.90 bits per heavy atom. The minimum absolute atomic E-state index is 0.0864. The molecule has 0 amide bonds. The van der Waals surface area contributed by atoms with Crippen LogP contribution in [-0.2, 0) is 6.42 Å². The molecule has 1 atom stereocenters.